The van der Waals surface area contributed by atoms with E-state index < -0.39 is 0 Å². The first kappa shape index (κ1) is 17.9. The maximum atomic E-state index is 12.7. The number of carbonyl (C=O) groups excluding carboxylic acids is 1. The zero-order valence-electron chi connectivity index (χ0n) is 15.4. The number of amides is 1. The van der Waals surface area contributed by atoms with Crippen molar-refractivity contribution < 1.29 is 4.79 Å². The average molecular weight is 382 g/mol. The number of aromatic nitrogens is 3. The molecule has 4 heterocycles. The topological polar surface area (TPSA) is 71.0 Å². The molecule has 4 rings (SSSR count). The molecule has 0 aromatic carbocycles. The van der Waals surface area contributed by atoms with E-state index >= 15 is 0 Å². The first-order chi connectivity index (χ1) is 13.2. The summed E-state index contributed by atoms with van der Waals surface area (Å²) in [4.78, 5) is 30.3. The Morgan fingerprint density at radius 2 is 2.33 bits per heavy atom. The number of piperidine rings is 1. The molecule has 0 aliphatic carbocycles. The second kappa shape index (κ2) is 8.00. The van der Waals surface area contributed by atoms with Crippen molar-refractivity contribution in [1.29, 1.82) is 0 Å². The van der Waals surface area contributed by atoms with Crippen LogP contribution in [0.2, 0.25) is 0 Å². The van der Waals surface area contributed by atoms with Gasteiger partial charge in [-0.15, -0.1) is 11.3 Å². The molecule has 3 aromatic heterocycles. The Morgan fingerprint density at radius 3 is 3.15 bits per heavy atom. The van der Waals surface area contributed by atoms with Gasteiger partial charge >= 0.3 is 0 Å². The van der Waals surface area contributed by atoms with E-state index in [2.05, 4.69) is 38.2 Å². The number of nitrogens with zero attached hydrogens (tertiary/aromatic N) is 4. The minimum absolute atomic E-state index is 0.0234. The molecule has 7 heteroatoms. The normalized spacial score (nSPS) is 17.2. The van der Waals surface area contributed by atoms with Crippen LogP contribution in [0.1, 0.15) is 30.2 Å². The molecule has 6 nitrogen and oxygen atoms in total. The fourth-order valence-corrected chi connectivity index (χ4v) is 4.47. The van der Waals surface area contributed by atoms with Gasteiger partial charge in [-0.2, -0.15) is 0 Å². The highest BCUT2D eigenvalue weighted by atomic mass is 32.1. The van der Waals surface area contributed by atoms with Crippen LogP contribution < -0.4 is 10.2 Å². The SMILES string of the molecule is CCc1cc2c(N3CCC[C@H](C(=O)NCc4cccnc4)C3)ncnc2s1. The van der Waals surface area contributed by atoms with Crippen molar-refractivity contribution in [2.45, 2.75) is 32.7 Å². The monoisotopic (exact) mass is 381 g/mol. The number of nitrogens with one attached hydrogen (secondary N) is 1. The van der Waals surface area contributed by atoms with Gasteiger partial charge in [-0.3, -0.25) is 9.78 Å². The Morgan fingerprint density at radius 1 is 1.41 bits per heavy atom. The second-order valence-corrected chi connectivity index (χ2v) is 7.96. The van der Waals surface area contributed by atoms with E-state index in [1.807, 2.05) is 12.1 Å². The zero-order chi connectivity index (χ0) is 18.6. The highest BCUT2D eigenvalue weighted by molar-refractivity contribution is 7.18. The molecule has 0 radical (unpaired) electrons. The van der Waals surface area contributed by atoms with Gasteiger partial charge in [0.25, 0.3) is 0 Å². The smallest absolute Gasteiger partial charge is 0.225 e. The van der Waals surface area contributed by atoms with E-state index in [-0.39, 0.29) is 11.8 Å². The third-order valence-corrected chi connectivity index (χ3v) is 6.18. The molecule has 1 fully saturated rings. The van der Waals surface area contributed by atoms with Gasteiger partial charge in [0.15, 0.2) is 0 Å². The van der Waals surface area contributed by atoms with Crippen molar-refractivity contribution in [2.24, 2.45) is 5.92 Å². The maximum absolute atomic E-state index is 12.7. The fourth-order valence-electron chi connectivity index (χ4n) is 3.54. The van der Waals surface area contributed by atoms with E-state index in [9.17, 15) is 4.79 Å². The predicted molar refractivity (Wildman–Crippen MR) is 108 cm³/mol. The van der Waals surface area contributed by atoms with Crippen LogP contribution in [0, 0.1) is 5.92 Å². The lowest BCUT2D eigenvalue weighted by atomic mass is 9.97. The number of aryl methyl sites for hydroxylation is 1. The molecule has 1 aliphatic heterocycles. The van der Waals surface area contributed by atoms with Crippen molar-refractivity contribution in [3.63, 3.8) is 0 Å². The Labute approximate surface area is 162 Å². The quantitative estimate of drug-likeness (QED) is 0.735. The van der Waals surface area contributed by atoms with Gasteiger partial charge in [0.2, 0.25) is 5.91 Å². The van der Waals surface area contributed by atoms with Gasteiger partial charge in [0, 0.05) is 36.9 Å². The lowest BCUT2D eigenvalue weighted by molar-refractivity contribution is -0.125. The lowest BCUT2D eigenvalue weighted by Gasteiger charge is -2.33. The zero-order valence-corrected chi connectivity index (χ0v) is 16.2. The first-order valence-corrected chi connectivity index (χ1v) is 10.2. The number of rotatable bonds is 5. The molecule has 0 spiro atoms. The fraction of sp³-hybridized carbons (Fsp3) is 0.400. The van der Waals surface area contributed by atoms with Gasteiger partial charge < -0.3 is 10.2 Å². The molecule has 27 heavy (non-hydrogen) atoms. The third-order valence-electron chi connectivity index (χ3n) is 4.99. The third kappa shape index (κ3) is 3.93. The summed E-state index contributed by atoms with van der Waals surface area (Å²) in [6.45, 7) is 4.30. The van der Waals surface area contributed by atoms with Crippen LogP contribution in [0.4, 0.5) is 5.82 Å². The summed E-state index contributed by atoms with van der Waals surface area (Å²) in [6.07, 6.45) is 8.06. The van der Waals surface area contributed by atoms with E-state index in [0.717, 1.165) is 47.4 Å². The number of thiophene rings is 1. The maximum Gasteiger partial charge on any atom is 0.225 e. The summed E-state index contributed by atoms with van der Waals surface area (Å²) in [6, 6.07) is 6.05. The van der Waals surface area contributed by atoms with E-state index in [1.54, 1.807) is 30.1 Å². The lowest BCUT2D eigenvalue weighted by Crippen LogP contribution is -2.43. The largest absolute Gasteiger partial charge is 0.355 e. The summed E-state index contributed by atoms with van der Waals surface area (Å²) in [7, 11) is 0. The van der Waals surface area contributed by atoms with Crippen LogP contribution in [-0.2, 0) is 17.8 Å². The molecular formula is C20H23N5OS. The van der Waals surface area contributed by atoms with E-state index in [4.69, 9.17) is 0 Å². The van der Waals surface area contributed by atoms with Crippen molar-refractivity contribution >= 4 is 33.3 Å². The average Bonchev–Trinajstić information content (AvgIpc) is 3.16. The van der Waals surface area contributed by atoms with Crippen LogP contribution in [-0.4, -0.2) is 33.9 Å². The first-order valence-electron chi connectivity index (χ1n) is 9.39. The second-order valence-electron chi connectivity index (χ2n) is 6.85. The van der Waals surface area contributed by atoms with Crippen molar-refractivity contribution in [2.75, 3.05) is 18.0 Å². The van der Waals surface area contributed by atoms with E-state index in [1.165, 1.54) is 4.88 Å². The van der Waals surface area contributed by atoms with Gasteiger partial charge in [-0.1, -0.05) is 13.0 Å². The van der Waals surface area contributed by atoms with Gasteiger partial charge in [-0.05, 0) is 37.0 Å². The molecule has 1 atom stereocenters. The molecule has 0 bridgehead atoms. The number of hydrogen-bond donors (Lipinski definition) is 1. The summed E-state index contributed by atoms with van der Waals surface area (Å²) >= 11 is 1.73. The van der Waals surface area contributed by atoms with Crippen LogP contribution in [0.3, 0.4) is 0 Å². The van der Waals surface area contributed by atoms with Gasteiger partial charge in [-0.25, -0.2) is 9.97 Å². The molecular weight excluding hydrogens is 358 g/mol. The molecule has 1 aliphatic rings. The van der Waals surface area contributed by atoms with E-state index in [0.29, 0.717) is 13.1 Å². The number of anilines is 1. The molecule has 1 saturated heterocycles. The Kier molecular flexibility index (Phi) is 5.29. The molecule has 3 aromatic rings. The minimum Gasteiger partial charge on any atom is -0.355 e. The summed E-state index contributed by atoms with van der Waals surface area (Å²) in [5.41, 5.74) is 1.02. The highest BCUT2D eigenvalue weighted by Gasteiger charge is 2.27. The highest BCUT2D eigenvalue weighted by Crippen LogP contribution is 2.32. The van der Waals surface area contributed by atoms with Crippen molar-refractivity contribution in [3.05, 3.63) is 47.4 Å². The molecule has 1 N–H and O–H groups in total. The van der Waals surface area contributed by atoms with Gasteiger partial charge in [0.1, 0.15) is 17.0 Å². The van der Waals surface area contributed by atoms with Crippen LogP contribution in [0.25, 0.3) is 10.2 Å². The predicted octanol–water partition coefficient (Wildman–Crippen LogP) is 3.18. The number of hydrogen-bond acceptors (Lipinski definition) is 6. The number of fused-ring (bicyclic) bond motifs is 1. The van der Waals surface area contributed by atoms with Crippen LogP contribution in [0.5, 0.6) is 0 Å². The summed E-state index contributed by atoms with van der Waals surface area (Å²) in [5.74, 6) is 1.04. The summed E-state index contributed by atoms with van der Waals surface area (Å²) in [5, 5.41) is 4.16. The summed E-state index contributed by atoms with van der Waals surface area (Å²) < 4.78 is 0. The molecule has 1 amide bonds. The number of carbonyl (C=O) groups is 1. The standard InChI is InChI=1S/C20H23N5OS/c1-2-16-9-17-18(23-13-24-20(17)27-16)25-8-4-6-15(12-25)19(26)22-11-14-5-3-7-21-10-14/h3,5,7,9-10,13,15H,2,4,6,8,11-12H2,1H3,(H,22,26)/t15-/m0/s1. The molecule has 140 valence electrons. The molecule has 0 unspecified atom stereocenters. The minimum atomic E-state index is -0.0234. The molecule has 0 saturated carbocycles. The van der Waals surface area contributed by atoms with Crippen LogP contribution >= 0.6 is 11.3 Å². The number of pyridine rings is 1. The Hall–Kier alpha value is -2.54. The van der Waals surface area contributed by atoms with Crippen molar-refractivity contribution in [3.8, 4) is 0 Å². The Bertz CT molecular complexity index is 927. The van der Waals surface area contributed by atoms with Gasteiger partial charge in [0.05, 0.1) is 11.3 Å². The van der Waals surface area contributed by atoms with Crippen LogP contribution in [0.15, 0.2) is 36.9 Å². The Balaban J connectivity index is 1.46. The van der Waals surface area contributed by atoms with Crippen molar-refractivity contribution in [1.82, 2.24) is 20.3 Å².